The number of aliphatic imine (C=N–C) groups is 1. The summed E-state index contributed by atoms with van der Waals surface area (Å²) in [5.74, 6) is -0.0998. The Morgan fingerprint density at radius 2 is 1.15 bits per heavy atom. The molecule has 52 heavy (non-hydrogen) atoms. The number of hydrogen-bond acceptors (Lipinski definition) is 6. The van der Waals surface area contributed by atoms with Crippen molar-refractivity contribution >= 4 is 68.8 Å². The zero-order valence-corrected chi connectivity index (χ0v) is 33.1. The summed E-state index contributed by atoms with van der Waals surface area (Å²) in [6, 6.07) is 39.7. The zero-order valence-electron chi connectivity index (χ0n) is 30.7. The van der Waals surface area contributed by atoms with Gasteiger partial charge in [-0.3, -0.25) is 4.79 Å². The quantitative estimate of drug-likeness (QED) is 0.163. The lowest BCUT2D eigenvalue weighted by atomic mass is 9.82. The number of hydrogen-bond donors (Lipinski definition) is 1. The summed E-state index contributed by atoms with van der Waals surface area (Å²) >= 11 is 15.0. The Bertz CT molecular complexity index is 1990. The van der Waals surface area contributed by atoms with E-state index < -0.39 is 10.2 Å². The number of anilines is 3. The van der Waals surface area contributed by atoms with Crippen LogP contribution in [0.4, 0.5) is 22.7 Å². The zero-order chi connectivity index (χ0) is 37.2. The Balaban J connectivity index is 1.57. The van der Waals surface area contributed by atoms with Gasteiger partial charge in [0, 0.05) is 79.4 Å². The highest BCUT2D eigenvalue weighted by Gasteiger charge is 2.44. The SMILES string of the molecule is CN(C)c1ccc(C2(c3ccc(N(C)C)cc3)SC(NC(=O)C(C)(C)C)=Nc3cc(N(Cc4ccccc4Cl)Cc4ccccc4Cl)ccc32)cc1. The predicted octanol–water partition coefficient (Wildman–Crippen LogP) is 10.5. The van der Waals surface area contributed by atoms with E-state index in [1.54, 1.807) is 11.8 Å². The van der Waals surface area contributed by atoms with Crippen molar-refractivity contribution in [2.75, 3.05) is 42.9 Å². The smallest absolute Gasteiger partial charge is 0.231 e. The third-order valence-electron chi connectivity index (χ3n) is 9.32. The molecule has 6 rings (SSSR count). The summed E-state index contributed by atoms with van der Waals surface area (Å²) in [6.45, 7) is 6.85. The Labute approximate surface area is 322 Å². The van der Waals surface area contributed by atoms with Crippen LogP contribution in [0.15, 0.2) is 120 Å². The minimum absolute atomic E-state index is 0.0998. The van der Waals surface area contributed by atoms with Crippen molar-refractivity contribution < 1.29 is 4.79 Å². The molecule has 0 unspecified atom stereocenters. The fourth-order valence-corrected chi connectivity index (χ4v) is 8.02. The van der Waals surface area contributed by atoms with E-state index in [2.05, 4.69) is 98.9 Å². The lowest BCUT2D eigenvalue weighted by molar-refractivity contribution is -0.126. The van der Waals surface area contributed by atoms with Gasteiger partial charge >= 0.3 is 0 Å². The summed E-state index contributed by atoms with van der Waals surface area (Å²) in [4.78, 5) is 25.2. The third kappa shape index (κ3) is 7.82. The molecule has 1 aliphatic heterocycles. The molecule has 0 spiro atoms. The summed E-state index contributed by atoms with van der Waals surface area (Å²) in [6.07, 6.45) is 0. The monoisotopic (exact) mass is 749 g/mol. The molecular weight excluding hydrogens is 705 g/mol. The van der Waals surface area contributed by atoms with Gasteiger partial charge in [0.05, 0.1) is 5.69 Å². The highest BCUT2D eigenvalue weighted by atomic mass is 35.5. The first-order valence-corrected chi connectivity index (χ1v) is 18.8. The molecule has 0 bridgehead atoms. The number of thioether (sulfide) groups is 1. The summed E-state index contributed by atoms with van der Waals surface area (Å²) < 4.78 is -0.734. The van der Waals surface area contributed by atoms with Gasteiger partial charge in [0.25, 0.3) is 0 Å². The van der Waals surface area contributed by atoms with Crippen LogP contribution in [0.1, 0.15) is 48.6 Å². The second kappa shape index (κ2) is 15.3. The lowest BCUT2D eigenvalue weighted by Crippen LogP contribution is -2.41. The summed E-state index contributed by atoms with van der Waals surface area (Å²) in [5.41, 5.74) is 8.51. The van der Waals surface area contributed by atoms with Crippen LogP contribution in [0.25, 0.3) is 0 Å². The molecule has 1 amide bonds. The maximum atomic E-state index is 13.6. The fraction of sp³-hybridized carbons (Fsp3) is 0.256. The average Bonchev–Trinajstić information content (AvgIpc) is 3.12. The van der Waals surface area contributed by atoms with E-state index in [-0.39, 0.29) is 5.91 Å². The van der Waals surface area contributed by atoms with Gasteiger partial charge in [-0.1, -0.05) is 122 Å². The number of nitrogens with one attached hydrogen (secondary N) is 1. The van der Waals surface area contributed by atoms with Crippen molar-refractivity contribution in [1.29, 1.82) is 0 Å². The highest BCUT2D eigenvalue weighted by Crippen LogP contribution is 2.55. The number of carbonyl (C=O) groups is 1. The van der Waals surface area contributed by atoms with Crippen molar-refractivity contribution in [3.8, 4) is 0 Å². The van der Waals surface area contributed by atoms with Gasteiger partial charge in [0.2, 0.25) is 5.91 Å². The highest BCUT2D eigenvalue weighted by molar-refractivity contribution is 8.15. The Morgan fingerprint density at radius 3 is 1.60 bits per heavy atom. The van der Waals surface area contributed by atoms with Crippen LogP contribution in [0, 0.1) is 5.41 Å². The van der Waals surface area contributed by atoms with E-state index in [4.69, 9.17) is 28.2 Å². The predicted molar refractivity (Wildman–Crippen MR) is 223 cm³/mol. The van der Waals surface area contributed by atoms with Crippen molar-refractivity contribution in [3.05, 3.63) is 153 Å². The molecule has 5 aromatic rings. The van der Waals surface area contributed by atoms with E-state index in [0.717, 1.165) is 50.6 Å². The molecule has 1 N–H and O–H groups in total. The van der Waals surface area contributed by atoms with Gasteiger partial charge < -0.3 is 20.0 Å². The molecule has 0 saturated heterocycles. The number of nitrogens with zero attached hydrogens (tertiary/aromatic N) is 4. The average molecular weight is 751 g/mol. The Hall–Kier alpha value is -4.43. The van der Waals surface area contributed by atoms with Crippen LogP contribution >= 0.6 is 35.0 Å². The Morgan fingerprint density at radius 1 is 0.692 bits per heavy atom. The summed E-state index contributed by atoms with van der Waals surface area (Å²) in [7, 11) is 8.17. The number of benzene rings is 5. The number of amides is 1. The third-order valence-corrected chi connectivity index (χ3v) is 11.4. The van der Waals surface area contributed by atoms with Crippen molar-refractivity contribution in [1.82, 2.24) is 5.32 Å². The normalized spacial score (nSPS) is 13.5. The first-order valence-electron chi connectivity index (χ1n) is 17.3. The fourth-order valence-electron chi connectivity index (χ4n) is 6.26. The molecule has 0 atom stereocenters. The molecule has 0 radical (unpaired) electrons. The molecule has 0 fully saturated rings. The number of fused-ring (bicyclic) bond motifs is 1. The number of rotatable bonds is 9. The van der Waals surface area contributed by atoms with Crippen LogP contribution in [-0.2, 0) is 22.6 Å². The minimum atomic E-state index is -0.734. The van der Waals surface area contributed by atoms with Crippen LogP contribution < -0.4 is 20.0 Å². The van der Waals surface area contributed by atoms with E-state index in [1.165, 1.54) is 0 Å². The molecule has 6 nitrogen and oxygen atoms in total. The van der Waals surface area contributed by atoms with Gasteiger partial charge in [-0.25, -0.2) is 4.99 Å². The second-order valence-corrected chi connectivity index (χ2v) is 16.5. The van der Waals surface area contributed by atoms with Crippen molar-refractivity contribution in [2.24, 2.45) is 10.4 Å². The van der Waals surface area contributed by atoms with Crippen molar-refractivity contribution in [2.45, 2.75) is 38.6 Å². The van der Waals surface area contributed by atoms with Gasteiger partial charge in [0.1, 0.15) is 4.75 Å². The van der Waals surface area contributed by atoms with Crippen LogP contribution in [0.2, 0.25) is 10.0 Å². The van der Waals surface area contributed by atoms with E-state index in [9.17, 15) is 4.79 Å². The first-order chi connectivity index (χ1) is 24.8. The standard InChI is InChI=1S/C43H45Cl2N5OS/c1-42(2,3)40(51)47-41-46-39-26-35(50(27-29-12-8-10-14-37(29)44)28-30-13-9-11-15-38(30)45)24-25-36(39)43(52-41,31-16-20-33(21-17-31)48(4)5)32-18-22-34(23-19-32)49(6)7/h8-26H,27-28H2,1-7H3,(H,46,47,51). The molecule has 0 aromatic heterocycles. The first kappa shape index (κ1) is 37.3. The maximum Gasteiger partial charge on any atom is 0.231 e. The maximum absolute atomic E-state index is 13.6. The van der Waals surface area contributed by atoms with Crippen molar-refractivity contribution in [3.63, 3.8) is 0 Å². The molecular formula is C43H45Cl2N5OS. The number of carbonyl (C=O) groups excluding carboxylic acids is 1. The van der Waals surface area contributed by atoms with E-state index >= 15 is 0 Å². The minimum Gasteiger partial charge on any atom is -0.378 e. The molecule has 1 aliphatic rings. The number of amidine groups is 1. The Kier molecular flexibility index (Phi) is 11.0. The molecule has 268 valence electrons. The van der Waals surface area contributed by atoms with Gasteiger partial charge in [-0.15, -0.1) is 0 Å². The van der Waals surface area contributed by atoms with Gasteiger partial charge in [0.15, 0.2) is 5.17 Å². The molecule has 5 aromatic carbocycles. The molecule has 0 aliphatic carbocycles. The second-order valence-electron chi connectivity index (χ2n) is 14.5. The molecule has 0 saturated carbocycles. The largest absolute Gasteiger partial charge is 0.378 e. The molecule has 1 heterocycles. The van der Waals surface area contributed by atoms with E-state index in [0.29, 0.717) is 28.3 Å². The van der Waals surface area contributed by atoms with Crippen LogP contribution in [0.3, 0.4) is 0 Å². The number of halogens is 2. The van der Waals surface area contributed by atoms with Crippen LogP contribution in [0.5, 0.6) is 0 Å². The lowest BCUT2D eigenvalue weighted by Gasteiger charge is -2.40. The van der Waals surface area contributed by atoms with Gasteiger partial charge in [-0.2, -0.15) is 0 Å². The summed E-state index contributed by atoms with van der Waals surface area (Å²) in [5, 5.41) is 5.15. The van der Waals surface area contributed by atoms with Gasteiger partial charge in [-0.05, 0) is 70.8 Å². The topological polar surface area (TPSA) is 51.2 Å². The molecule has 9 heteroatoms. The van der Waals surface area contributed by atoms with Crippen LogP contribution in [-0.4, -0.2) is 39.3 Å². The van der Waals surface area contributed by atoms with E-state index in [1.807, 2.05) is 85.4 Å².